The zero-order valence-corrected chi connectivity index (χ0v) is 11.0. The first-order valence-corrected chi connectivity index (χ1v) is 6.50. The van der Waals surface area contributed by atoms with Crippen molar-refractivity contribution < 1.29 is 9.53 Å². The monoisotopic (exact) mass is 261 g/mol. The largest absolute Gasteiger partial charge is 0.383 e. The molecule has 3 nitrogen and oxygen atoms in total. The minimum atomic E-state index is -0.133. The predicted molar refractivity (Wildman–Crippen MR) is 67.5 cm³/mol. The van der Waals surface area contributed by atoms with Gasteiger partial charge in [-0.1, -0.05) is 6.92 Å². The Kier molecular flexibility index (Phi) is 5.80. The highest BCUT2D eigenvalue weighted by molar-refractivity contribution is 7.14. The smallest absolute Gasteiger partial charge is 0.261 e. The Morgan fingerprint density at radius 2 is 2.38 bits per heavy atom. The quantitative estimate of drug-likeness (QED) is 0.798. The Morgan fingerprint density at radius 1 is 1.62 bits per heavy atom. The van der Waals surface area contributed by atoms with Crippen molar-refractivity contribution in [1.82, 2.24) is 5.32 Å². The van der Waals surface area contributed by atoms with Crippen molar-refractivity contribution in [3.63, 3.8) is 0 Å². The molecule has 1 heterocycles. The number of aryl methyl sites for hydroxylation is 1. The fourth-order valence-electron chi connectivity index (χ4n) is 1.27. The number of carbonyl (C=O) groups is 1. The van der Waals surface area contributed by atoms with E-state index in [0.29, 0.717) is 12.5 Å². The molecule has 1 aromatic heterocycles. The number of halogens is 1. The molecule has 1 aromatic rings. The average Bonchev–Trinajstić information content (AvgIpc) is 2.76. The molecule has 0 fully saturated rings. The van der Waals surface area contributed by atoms with Gasteiger partial charge in [0.25, 0.3) is 5.91 Å². The molecule has 0 saturated carbocycles. The maximum Gasteiger partial charge on any atom is 0.261 e. The summed E-state index contributed by atoms with van der Waals surface area (Å²) in [5.41, 5.74) is 0. The predicted octanol–water partition coefficient (Wildman–Crippen LogP) is 2.29. The molecule has 1 rings (SSSR count). The van der Waals surface area contributed by atoms with Gasteiger partial charge in [0.05, 0.1) is 17.5 Å². The molecule has 0 spiro atoms. The summed E-state index contributed by atoms with van der Waals surface area (Å²) in [6.45, 7) is 2.50. The zero-order valence-electron chi connectivity index (χ0n) is 9.46. The lowest BCUT2D eigenvalue weighted by atomic mass is 10.3. The Hall–Kier alpha value is -0.580. The molecule has 0 radical (unpaired) electrons. The van der Waals surface area contributed by atoms with E-state index in [2.05, 4.69) is 12.2 Å². The summed E-state index contributed by atoms with van der Waals surface area (Å²) in [5, 5.41) is 2.84. The number of rotatable bonds is 6. The van der Waals surface area contributed by atoms with Crippen LogP contribution in [0.2, 0.25) is 0 Å². The van der Waals surface area contributed by atoms with Gasteiger partial charge in [0.1, 0.15) is 0 Å². The van der Waals surface area contributed by atoms with Crippen LogP contribution in [0.15, 0.2) is 12.1 Å². The third kappa shape index (κ3) is 3.77. The van der Waals surface area contributed by atoms with Gasteiger partial charge in [-0.3, -0.25) is 4.79 Å². The Morgan fingerprint density at radius 3 is 2.88 bits per heavy atom. The number of thiophene rings is 1. The fourth-order valence-corrected chi connectivity index (χ4v) is 2.29. The topological polar surface area (TPSA) is 38.3 Å². The maximum atomic E-state index is 11.8. The van der Waals surface area contributed by atoms with E-state index in [1.807, 2.05) is 12.1 Å². The van der Waals surface area contributed by atoms with E-state index >= 15 is 0 Å². The van der Waals surface area contributed by atoms with Crippen LogP contribution >= 0.6 is 22.9 Å². The number of hydrogen-bond acceptors (Lipinski definition) is 3. The highest BCUT2D eigenvalue weighted by atomic mass is 35.5. The summed E-state index contributed by atoms with van der Waals surface area (Å²) < 4.78 is 4.96. The lowest BCUT2D eigenvalue weighted by Gasteiger charge is -2.13. The Labute approximate surface area is 105 Å². The molecule has 0 bridgehead atoms. The molecule has 0 saturated heterocycles. The van der Waals surface area contributed by atoms with Crippen molar-refractivity contribution >= 4 is 28.8 Å². The molecule has 1 atom stereocenters. The fraction of sp³-hybridized carbons (Fsp3) is 0.545. The number of ether oxygens (including phenoxy) is 1. The summed E-state index contributed by atoms with van der Waals surface area (Å²) in [5.74, 6) is 0.276. The van der Waals surface area contributed by atoms with Gasteiger partial charge in [-0.05, 0) is 18.6 Å². The van der Waals surface area contributed by atoms with Gasteiger partial charge >= 0.3 is 0 Å². The van der Waals surface area contributed by atoms with E-state index in [0.717, 1.165) is 11.3 Å². The molecule has 0 aliphatic carbocycles. The van der Waals surface area contributed by atoms with E-state index in [4.69, 9.17) is 16.3 Å². The number of amides is 1. The maximum absolute atomic E-state index is 11.8. The average molecular weight is 262 g/mol. The summed E-state index contributed by atoms with van der Waals surface area (Å²) in [6, 6.07) is 3.69. The molecule has 90 valence electrons. The second-order valence-electron chi connectivity index (χ2n) is 3.40. The van der Waals surface area contributed by atoms with Gasteiger partial charge in [0.15, 0.2) is 0 Å². The van der Waals surface area contributed by atoms with Crippen molar-refractivity contribution in [2.24, 2.45) is 0 Å². The van der Waals surface area contributed by atoms with Crippen LogP contribution in [-0.2, 0) is 11.2 Å². The molecular formula is C11H16ClNO2S. The second kappa shape index (κ2) is 6.89. The molecule has 0 aliphatic heterocycles. The summed E-state index contributed by atoms with van der Waals surface area (Å²) in [6.07, 6.45) is 0.953. The van der Waals surface area contributed by atoms with Crippen molar-refractivity contribution in [1.29, 1.82) is 0 Å². The second-order valence-corrected chi connectivity index (χ2v) is 4.88. The van der Waals surface area contributed by atoms with Crippen LogP contribution in [0.5, 0.6) is 0 Å². The van der Waals surface area contributed by atoms with Gasteiger partial charge in [-0.25, -0.2) is 0 Å². The Bertz CT molecular complexity index is 340. The molecule has 1 unspecified atom stereocenters. The molecule has 16 heavy (non-hydrogen) atoms. The van der Waals surface area contributed by atoms with E-state index in [1.165, 1.54) is 16.2 Å². The number of hydrogen-bond donors (Lipinski definition) is 1. The van der Waals surface area contributed by atoms with Crippen LogP contribution < -0.4 is 5.32 Å². The summed E-state index contributed by atoms with van der Waals surface area (Å²) >= 11 is 7.23. The van der Waals surface area contributed by atoms with E-state index in [-0.39, 0.29) is 11.9 Å². The molecule has 0 aromatic carbocycles. The summed E-state index contributed by atoms with van der Waals surface area (Å²) in [4.78, 5) is 13.7. The third-order valence-electron chi connectivity index (χ3n) is 2.12. The highest BCUT2D eigenvalue weighted by Crippen LogP contribution is 2.16. The Balaban J connectivity index is 2.56. The minimum Gasteiger partial charge on any atom is -0.383 e. The molecule has 0 aliphatic rings. The zero-order chi connectivity index (χ0) is 12.0. The van der Waals surface area contributed by atoms with Crippen molar-refractivity contribution in [2.45, 2.75) is 19.4 Å². The van der Waals surface area contributed by atoms with Crippen LogP contribution in [0, 0.1) is 0 Å². The van der Waals surface area contributed by atoms with Crippen LogP contribution in [0.25, 0.3) is 0 Å². The van der Waals surface area contributed by atoms with Gasteiger partial charge < -0.3 is 10.1 Å². The van der Waals surface area contributed by atoms with Crippen molar-refractivity contribution in [3.05, 3.63) is 21.9 Å². The molecule has 1 N–H and O–H groups in total. The van der Waals surface area contributed by atoms with Crippen LogP contribution in [0.3, 0.4) is 0 Å². The van der Waals surface area contributed by atoms with Crippen molar-refractivity contribution in [3.8, 4) is 0 Å². The normalized spacial score (nSPS) is 12.4. The van der Waals surface area contributed by atoms with E-state index in [9.17, 15) is 4.79 Å². The first-order chi connectivity index (χ1) is 7.71. The van der Waals surface area contributed by atoms with Gasteiger partial charge in [0.2, 0.25) is 0 Å². The molecule has 5 heteroatoms. The number of methoxy groups -OCH3 is 1. The lowest BCUT2D eigenvalue weighted by Crippen LogP contribution is -2.39. The van der Waals surface area contributed by atoms with Crippen molar-refractivity contribution in [2.75, 3.05) is 19.6 Å². The number of alkyl halides is 1. The molecular weight excluding hydrogens is 246 g/mol. The van der Waals surface area contributed by atoms with Crippen LogP contribution in [-0.4, -0.2) is 31.5 Å². The highest BCUT2D eigenvalue weighted by Gasteiger charge is 2.14. The van der Waals surface area contributed by atoms with Gasteiger partial charge in [0, 0.05) is 17.9 Å². The summed E-state index contributed by atoms with van der Waals surface area (Å²) in [7, 11) is 1.59. The third-order valence-corrected chi connectivity index (χ3v) is 3.72. The van der Waals surface area contributed by atoms with E-state index in [1.54, 1.807) is 7.11 Å². The van der Waals surface area contributed by atoms with E-state index < -0.39 is 0 Å². The number of carbonyl (C=O) groups excluding carboxylic acids is 1. The van der Waals surface area contributed by atoms with Gasteiger partial charge in [-0.2, -0.15) is 0 Å². The first kappa shape index (κ1) is 13.5. The molecule has 1 amide bonds. The standard InChI is InChI=1S/C11H16ClNO2S/c1-3-9-4-5-10(16-9)11(14)13-8(6-12)7-15-2/h4-5,8H,3,6-7H2,1-2H3,(H,13,14). The van der Waals surface area contributed by atoms with Crippen LogP contribution in [0.1, 0.15) is 21.5 Å². The minimum absolute atomic E-state index is 0.0765. The first-order valence-electron chi connectivity index (χ1n) is 5.15. The number of nitrogens with one attached hydrogen (secondary N) is 1. The SMILES string of the molecule is CCc1ccc(C(=O)NC(CCl)COC)s1. The van der Waals surface area contributed by atoms with Gasteiger partial charge in [-0.15, -0.1) is 22.9 Å². The lowest BCUT2D eigenvalue weighted by molar-refractivity contribution is 0.0911. The van der Waals surface area contributed by atoms with Crippen LogP contribution in [0.4, 0.5) is 0 Å².